The highest BCUT2D eigenvalue weighted by molar-refractivity contribution is 5.80. The molecule has 0 aromatic heterocycles. The van der Waals surface area contributed by atoms with Crippen LogP contribution in [-0.4, -0.2) is 34.7 Å². The van der Waals surface area contributed by atoms with Crippen LogP contribution in [0.1, 0.15) is 15.9 Å². The molecular formula is C18H20O6. The number of benzene rings is 2. The first-order valence-electron chi connectivity index (χ1n) is 7.21. The molecule has 0 saturated heterocycles. The fourth-order valence-corrected chi connectivity index (χ4v) is 2.28. The van der Waals surface area contributed by atoms with E-state index in [1.54, 1.807) is 39.5 Å². The van der Waals surface area contributed by atoms with Gasteiger partial charge in [-0.3, -0.25) is 4.79 Å². The van der Waals surface area contributed by atoms with Crippen molar-refractivity contribution in [2.75, 3.05) is 28.4 Å². The Kier molecular flexibility index (Phi) is 5.89. The summed E-state index contributed by atoms with van der Waals surface area (Å²) in [5.74, 6) is 2.70. The molecule has 0 aliphatic rings. The van der Waals surface area contributed by atoms with Gasteiger partial charge in [0.2, 0.25) is 5.75 Å². The molecule has 0 amide bonds. The maximum atomic E-state index is 11.1. The van der Waals surface area contributed by atoms with Crippen LogP contribution in [0.4, 0.5) is 0 Å². The van der Waals surface area contributed by atoms with E-state index in [1.807, 2.05) is 12.1 Å². The third kappa shape index (κ3) is 3.71. The van der Waals surface area contributed by atoms with Gasteiger partial charge in [-0.25, -0.2) is 0 Å². The second-order valence-corrected chi connectivity index (χ2v) is 4.84. The van der Waals surface area contributed by atoms with Crippen molar-refractivity contribution in [3.8, 4) is 28.7 Å². The summed E-state index contributed by atoms with van der Waals surface area (Å²) in [6, 6.07) is 8.68. The van der Waals surface area contributed by atoms with Gasteiger partial charge in [-0.15, -0.1) is 0 Å². The summed E-state index contributed by atoms with van der Waals surface area (Å²) in [6.07, 6.45) is 0.727. The SMILES string of the molecule is COc1ccc(OCc2cc(OC)c(OC)c(OC)c2)cc1C=O. The van der Waals surface area contributed by atoms with Crippen molar-refractivity contribution >= 4 is 6.29 Å². The smallest absolute Gasteiger partial charge is 0.203 e. The van der Waals surface area contributed by atoms with Crippen molar-refractivity contribution < 1.29 is 28.5 Å². The Hall–Kier alpha value is -2.89. The highest BCUT2D eigenvalue weighted by Crippen LogP contribution is 2.38. The zero-order valence-electron chi connectivity index (χ0n) is 14.1. The molecule has 2 aromatic rings. The second-order valence-electron chi connectivity index (χ2n) is 4.84. The first-order valence-corrected chi connectivity index (χ1v) is 7.21. The number of carbonyl (C=O) groups is 1. The zero-order chi connectivity index (χ0) is 17.5. The van der Waals surface area contributed by atoms with Gasteiger partial charge in [-0.05, 0) is 35.9 Å². The lowest BCUT2D eigenvalue weighted by atomic mass is 10.2. The van der Waals surface area contributed by atoms with Gasteiger partial charge in [0.05, 0.1) is 34.0 Å². The molecule has 6 nitrogen and oxygen atoms in total. The van der Waals surface area contributed by atoms with Crippen LogP contribution >= 0.6 is 0 Å². The summed E-state index contributed by atoms with van der Waals surface area (Å²) in [4.78, 5) is 11.1. The summed E-state index contributed by atoms with van der Waals surface area (Å²) >= 11 is 0. The van der Waals surface area contributed by atoms with Crippen molar-refractivity contribution in [1.29, 1.82) is 0 Å². The van der Waals surface area contributed by atoms with Crippen molar-refractivity contribution in [2.45, 2.75) is 6.61 Å². The van der Waals surface area contributed by atoms with Crippen LogP contribution < -0.4 is 23.7 Å². The van der Waals surface area contributed by atoms with E-state index in [-0.39, 0.29) is 6.61 Å². The summed E-state index contributed by atoms with van der Waals surface area (Å²) < 4.78 is 26.8. The van der Waals surface area contributed by atoms with Crippen LogP contribution in [0, 0.1) is 0 Å². The van der Waals surface area contributed by atoms with Crippen molar-refractivity contribution in [3.05, 3.63) is 41.5 Å². The highest BCUT2D eigenvalue weighted by Gasteiger charge is 2.13. The lowest BCUT2D eigenvalue weighted by Crippen LogP contribution is -2.01. The molecule has 128 valence electrons. The Morgan fingerprint density at radius 2 is 1.46 bits per heavy atom. The quantitative estimate of drug-likeness (QED) is 0.692. The van der Waals surface area contributed by atoms with Gasteiger partial charge < -0.3 is 23.7 Å². The molecule has 0 spiro atoms. The molecule has 24 heavy (non-hydrogen) atoms. The molecule has 6 heteroatoms. The zero-order valence-corrected chi connectivity index (χ0v) is 14.1. The van der Waals surface area contributed by atoms with Crippen molar-refractivity contribution in [3.63, 3.8) is 0 Å². The molecule has 2 aromatic carbocycles. The number of aldehydes is 1. The summed E-state index contributed by atoms with van der Waals surface area (Å²) in [5, 5.41) is 0. The Labute approximate surface area is 140 Å². The molecule has 0 heterocycles. The van der Waals surface area contributed by atoms with Gasteiger partial charge in [0, 0.05) is 0 Å². The minimum Gasteiger partial charge on any atom is -0.496 e. The highest BCUT2D eigenvalue weighted by atomic mass is 16.5. The van der Waals surface area contributed by atoms with Crippen molar-refractivity contribution in [1.82, 2.24) is 0 Å². The van der Waals surface area contributed by atoms with Crippen LogP contribution in [0.5, 0.6) is 28.7 Å². The minimum absolute atomic E-state index is 0.279. The van der Waals surface area contributed by atoms with Gasteiger partial charge >= 0.3 is 0 Å². The van der Waals surface area contributed by atoms with E-state index < -0.39 is 0 Å². The lowest BCUT2D eigenvalue weighted by Gasteiger charge is -2.15. The van der Waals surface area contributed by atoms with Crippen LogP contribution in [0.25, 0.3) is 0 Å². The molecular weight excluding hydrogens is 312 g/mol. The largest absolute Gasteiger partial charge is 0.496 e. The summed E-state index contributed by atoms with van der Waals surface area (Å²) in [6.45, 7) is 0.279. The van der Waals surface area contributed by atoms with Gasteiger partial charge in [0.15, 0.2) is 17.8 Å². The number of ether oxygens (including phenoxy) is 5. The third-order valence-electron chi connectivity index (χ3n) is 3.46. The minimum atomic E-state index is 0.279. The average molecular weight is 332 g/mol. The Morgan fingerprint density at radius 3 is 1.96 bits per heavy atom. The Bertz CT molecular complexity index is 686. The predicted octanol–water partition coefficient (Wildman–Crippen LogP) is 3.11. The Morgan fingerprint density at radius 1 is 0.833 bits per heavy atom. The third-order valence-corrected chi connectivity index (χ3v) is 3.46. The van der Waals surface area contributed by atoms with Gasteiger partial charge in [0.25, 0.3) is 0 Å². The Balaban J connectivity index is 2.21. The van der Waals surface area contributed by atoms with E-state index in [2.05, 4.69) is 0 Å². The summed E-state index contributed by atoms with van der Waals surface area (Å²) in [7, 11) is 6.18. The molecule has 0 radical (unpaired) electrons. The monoisotopic (exact) mass is 332 g/mol. The normalized spacial score (nSPS) is 10.0. The maximum Gasteiger partial charge on any atom is 0.203 e. The number of methoxy groups -OCH3 is 4. The van der Waals surface area contributed by atoms with E-state index in [9.17, 15) is 4.79 Å². The van der Waals surface area contributed by atoms with Gasteiger partial charge in [0.1, 0.15) is 18.1 Å². The molecule has 0 aliphatic heterocycles. The number of hydrogen-bond acceptors (Lipinski definition) is 6. The topological polar surface area (TPSA) is 63.2 Å². The second kappa shape index (κ2) is 8.10. The van der Waals surface area contributed by atoms with Crippen LogP contribution in [0.3, 0.4) is 0 Å². The average Bonchev–Trinajstić information content (AvgIpc) is 2.64. The fourth-order valence-electron chi connectivity index (χ4n) is 2.28. The predicted molar refractivity (Wildman–Crippen MR) is 88.8 cm³/mol. The lowest BCUT2D eigenvalue weighted by molar-refractivity contribution is 0.112. The molecule has 0 aliphatic carbocycles. The number of rotatable bonds is 8. The van der Waals surface area contributed by atoms with Crippen LogP contribution in [0.15, 0.2) is 30.3 Å². The first-order chi connectivity index (χ1) is 11.7. The standard InChI is InChI=1S/C18H20O6/c1-20-15-6-5-14(9-13(15)10-19)24-11-12-7-16(21-2)18(23-4)17(8-12)22-3/h5-10H,11H2,1-4H3. The van der Waals surface area contributed by atoms with Crippen molar-refractivity contribution in [2.24, 2.45) is 0 Å². The van der Waals surface area contributed by atoms with E-state index in [0.29, 0.717) is 34.3 Å². The fraction of sp³-hybridized carbons (Fsp3) is 0.278. The summed E-state index contributed by atoms with van der Waals surface area (Å²) in [5.41, 5.74) is 1.27. The number of carbonyl (C=O) groups excluding carboxylic acids is 1. The molecule has 0 fully saturated rings. The molecule has 0 unspecified atom stereocenters. The van der Waals surface area contributed by atoms with Gasteiger partial charge in [-0.2, -0.15) is 0 Å². The molecule has 0 atom stereocenters. The molecule has 0 saturated carbocycles. The van der Waals surface area contributed by atoms with E-state index in [1.165, 1.54) is 7.11 Å². The van der Waals surface area contributed by atoms with Crippen LogP contribution in [-0.2, 0) is 6.61 Å². The maximum absolute atomic E-state index is 11.1. The number of hydrogen-bond donors (Lipinski definition) is 0. The van der Waals surface area contributed by atoms with Gasteiger partial charge in [-0.1, -0.05) is 0 Å². The van der Waals surface area contributed by atoms with E-state index in [4.69, 9.17) is 23.7 Å². The van der Waals surface area contributed by atoms with E-state index in [0.717, 1.165) is 11.8 Å². The first kappa shape index (κ1) is 17.5. The van der Waals surface area contributed by atoms with E-state index >= 15 is 0 Å². The molecule has 2 rings (SSSR count). The molecule has 0 N–H and O–H groups in total. The molecule has 0 bridgehead atoms. The van der Waals surface area contributed by atoms with Crippen LogP contribution in [0.2, 0.25) is 0 Å².